The van der Waals surface area contributed by atoms with Crippen LogP contribution < -0.4 is 5.32 Å². The molecule has 2 aliphatic rings. The molecule has 2 aromatic carbocycles. The van der Waals surface area contributed by atoms with E-state index in [1.165, 1.54) is 18.9 Å². The summed E-state index contributed by atoms with van der Waals surface area (Å²) in [6.45, 7) is 3.78. The van der Waals surface area contributed by atoms with Crippen LogP contribution in [0.3, 0.4) is 0 Å². The van der Waals surface area contributed by atoms with Gasteiger partial charge in [-0.05, 0) is 30.4 Å². The van der Waals surface area contributed by atoms with Crippen LogP contribution in [0.15, 0.2) is 88.0 Å². The van der Waals surface area contributed by atoms with Gasteiger partial charge in [-0.25, -0.2) is 9.79 Å². The van der Waals surface area contributed by atoms with E-state index in [1.807, 2.05) is 84.8 Å². The highest BCUT2D eigenvalue weighted by molar-refractivity contribution is 8.16. The second-order valence-electron chi connectivity index (χ2n) is 7.67. The Labute approximate surface area is 192 Å². The molecule has 32 heavy (non-hydrogen) atoms. The van der Waals surface area contributed by atoms with Gasteiger partial charge in [0.05, 0.1) is 36.9 Å². The minimum Gasteiger partial charge on any atom is -0.466 e. The number of rotatable bonds is 6. The molecule has 2 heterocycles. The summed E-state index contributed by atoms with van der Waals surface area (Å²) in [5, 5.41) is 5.76. The van der Waals surface area contributed by atoms with E-state index in [0.29, 0.717) is 11.3 Å². The van der Waals surface area contributed by atoms with Crippen molar-refractivity contribution in [2.24, 2.45) is 4.99 Å². The number of carbonyl (C=O) groups excluding carboxylic acids is 2. The molecule has 164 valence electrons. The summed E-state index contributed by atoms with van der Waals surface area (Å²) in [6.07, 6.45) is 0.181. The van der Waals surface area contributed by atoms with Gasteiger partial charge in [0.15, 0.2) is 5.17 Å². The van der Waals surface area contributed by atoms with Gasteiger partial charge in [-0.15, -0.1) is 0 Å². The molecule has 7 heteroatoms. The Kier molecular flexibility index (Phi) is 6.46. The molecule has 0 bridgehead atoms. The molecule has 4 rings (SSSR count). The third-order valence-corrected chi connectivity index (χ3v) is 6.43. The van der Waals surface area contributed by atoms with Gasteiger partial charge in [-0.1, -0.05) is 72.4 Å². The van der Waals surface area contributed by atoms with Crippen molar-refractivity contribution in [3.63, 3.8) is 0 Å². The second-order valence-corrected chi connectivity index (χ2v) is 8.51. The molecular weight excluding hydrogens is 422 g/mol. The maximum absolute atomic E-state index is 12.9. The number of ether oxygens (including phenoxy) is 1. The van der Waals surface area contributed by atoms with Gasteiger partial charge >= 0.3 is 5.97 Å². The fraction of sp³-hybridized carbons (Fsp3) is 0.240. The molecule has 2 aliphatic heterocycles. The van der Waals surface area contributed by atoms with Gasteiger partial charge < -0.3 is 15.0 Å². The van der Waals surface area contributed by atoms with Crippen LogP contribution in [0, 0.1) is 0 Å². The average molecular weight is 448 g/mol. The van der Waals surface area contributed by atoms with E-state index in [0.717, 1.165) is 22.0 Å². The maximum atomic E-state index is 12.9. The van der Waals surface area contributed by atoms with E-state index in [9.17, 15) is 9.59 Å². The molecular formula is C25H25N3O3S. The number of hydrogen-bond donors (Lipinski definition) is 1. The second kappa shape index (κ2) is 9.44. The minimum atomic E-state index is -0.419. The topological polar surface area (TPSA) is 71.0 Å². The summed E-state index contributed by atoms with van der Waals surface area (Å²) in [7, 11) is 1.37. The number of amides is 1. The minimum absolute atomic E-state index is 0.0906. The number of allylic oxidation sites excluding steroid dienone is 1. The zero-order valence-electron chi connectivity index (χ0n) is 18.2. The molecule has 0 aromatic heterocycles. The van der Waals surface area contributed by atoms with E-state index in [2.05, 4.69) is 10.3 Å². The van der Waals surface area contributed by atoms with Gasteiger partial charge in [0.1, 0.15) is 0 Å². The highest BCUT2D eigenvalue weighted by Crippen LogP contribution is 2.44. The Balaban J connectivity index is 1.60. The predicted octanol–water partition coefficient (Wildman–Crippen LogP) is 4.70. The third-order valence-electron chi connectivity index (χ3n) is 5.54. The van der Waals surface area contributed by atoms with Gasteiger partial charge in [-0.3, -0.25) is 4.79 Å². The first-order valence-corrected chi connectivity index (χ1v) is 11.3. The van der Waals surface area contributed by atoms with Crippen LogP contribution in [0.2, 0.25) is 0 Å². The van der Waals surface area contributed by atoms with Gasteiger partial charge in [0.25, 0.3) is 0 Å². The first-order chi connectivity index (χ1) is 15.5. The number of hydrogen-bond acceptors (Lipinski definition) is 6. The Morgan fingerprint density at radius 3 is 2.44 bits per heavy atom. The Morgan fingerprint density at radius 2 is 1.78 bits per heavy atom. The summed E-state index contributed by atoms with van der Waals surface area (Å²) in [6, 6.07) is 19.1. The Hall–Kier alpha value is -3.32. The molecule has 2 atom stereocenters. The molecule has 0 saturated heterocycles. The fourth-order valence-electron chi connectivity index (χ4n) is 3.97. The van der Waals surface area contributed by atoms with Crippen LogP contribution in [0.5, 0.6) is 0 Å². The fourth-order valence-corrected chi connectivity index (χ4v) is 4.94. The summed E-state index contributed by atoms with van der Waals surface area (Å²) < 4.78 is 5.08. The van der Waals surface area contributed by atoms with E-state index in [4.69, 9.17) is 4.74 Å². The smallest absolute Gasteiger partial charge is 0.338 e. The lowest BCUT2D eigenvalue weighted by molar-refractivity contribution is -0.136. The molecule has 2 unspecified atom stereocenters. The number of carbonyl (C=O) groups is 2. The molecule has 0 aliphatic carbocycles. The number of esters is 1. The van der Waals surface area contributed by atoms with Crippen LogP contribution in [0.1, 0.15) is 43.5 Å². The van der Waals surface area contributed by atoms with Crippen LogP contribution in [-0.2, 0) is 14.3 Å². The van der Waals surface area contributed by atoms with Gasteiger partial charge in [-0.2, -0.15) is 0 Å². The molecule has 0 radical (unpaired) electrons. The number of benzene rings is 2. The third kappa shape index (κ3) is 4.34. The normalized spacial score (nSPS) is 18.5. The average Bonchev–Trinajstić information content (AvgIpc) is 3.20. The highest BCUT2D eigenvalue weighted by Gasteiger charge is 2.40. The first kappa shape index (κ1) is 21.9. The van der Waals surface area contributed by atoms with Gasteiger partial charge in [0.2, 0.25) is 5.91 Å². The van der Waals surface area contributed by atoms with E-state index in [1.54, 1.807) is 0 Å². The van der Waals surface area contributed by atoms with Crippen molar-refractivity contribution in [2.45, 2.75) is 32.4 Å². The molecule has 2 aromatic rings. The van der Waals surface area contributed by atoms with Crippen molar-refractivity contribution in [3.05, 3.63) is 94.2 Å². The zero-order valence-corrected chi connectivity index (χ0v) is 19.1. The number of amidine groups is 1. The lowest BCUT2D eigenvalue weighted by Crippen LogP contribution is -2.38. The van der Waals surface area contributed by atoms with Crippen molar-refractivity contribution in [3.8, 4) is 0 Å². The van der Waals surface area contributed by atoms with Crippen LogP contribution in [-0.4, -0.2) is 29.1 Å². The summed E-state index contributed by atoms with van der Waals surface area (Å²) in [5.41, 5.74) is 3.89. The largest absolute Gasteiger partial charge is 0.466 e. The van der Waals surface area contributed by atoms with E-state index in [-0.39, 0.29) is 18.4 Å². The van der Waals surface area contributed by atoms with Crippen molar-refractivity contribution in [1.29, 1.82) is 0 Å². The molecule has 0 fully saturated rings. The highest BCUT2D eigenvalue weighted by atomic mass is 32.2. The number of nitrogens with zero attached hydrogens (tertiary/aromatic N) is 2. The van der Waals surface area contributed by atoms with Crippen molar-refractivity contribution in [1.82, 2.24) is 10.2 Å². The van der Waals surface area contributed by atoms with E-state index < -0.39 is 12.0 Å². The molecule has 6 nitrogen and oxygen atoms in total. The van der Waals surface area contributed by atoms with Crippen LogP contribution >= 0.6 is 11.8 Å². The number of thioether (sulfide) groups is 1. The molecule has 1 amide bonds. The molecule has 0 saturated carbocycles. The molecule has 0 spiro atoms. The van der Waals surface area contributed by atoms with E-state index >= 15 is 0 Å². The lowest BCUT2D eigenvalue weighted by Gasteiger charge is -2.36. The summed E-state index contributed by atoms with van der Waals surface area (Å²) in [5.74, 6) is -0.510. The van der Waals surface area contributed by atoms with Crippen LogP contribution in [0.25, 0.3) is 0 Å². The standard InChI is InChI=1S/C25H25N3O3S/c1-16(18-10-6-4-7-11-18)26-21(29)14-20-15-32-25-27-17(2)22(24(30)31-3)23(28(20)25)19-12-8-5-9-13-19/h4-13,15-16,23H,14H2,1-3H3,(H,26,29). The Bertz CT molecular complexity index is 1110. The number of aliphatic imine (C=N–C) groups is 1. The number of methoxy groups -OCH3 is 1. The first-order valence-electron chi connectivity index (χ1n) is 10.4. The quantitative estimate of drug-likeness (QED) is 0.650. The zero-order chi connectivity index (χ0) is 22.7. The summed E-state index contributed by atoms with van der Waals surface area (Å²) >= 11 is 1.46. The van der Waals surface area contributed by atoms with Crippen molar-refractivity contribution < 1.29 is 14.3 Å². The maximum Gasteiger partial charge on any atom is 0.338 e. The summed E-state index contributed by atoms with van der Waals surface area (Å²) in [4.78, 5) is 32.2. The van der Waals surface area contributed by atoms with Crippen molar-refractivity contribution >= 4 is 28.8 Å². The molecule has 1 N–H and O–H groups in total. The van der Waals surface area contributed by atoms with Crippen LogP contribution in [0.4, 0.5) is 0 Å². The number of fused-ring (bicyclic) bond motifs is 1. The predicted molar refractivity (Wildman–Crippen MR) is 126 cm³/mol. The Morgan fingerprint density at radius 1 is 1.12 bits per heavy atom. The monoisotopic (exact) mass is 447 g/mol. The van der Waals surface area contributed by atoms with Gasteiger partial charge in [0, 0.05) is 5.70 Å². The SMILES string of the molecule is COC(=O)C1=C(C)N=C2SC=C(CC(=O)NC(C)c3ccccc3)N2C1c1ccccc1. The van der Waals surface area contributed by atoms with Crippen molar-refractivity contribution in [2.75, 3.05) is 7.11 Å². The number of nitrogens with one attached hydrogen (secondary N) is 1. The lowest BCUT2D eigenvalue weighted by atomic mass is 9.94.